The van der Waals surface area contributed by atoms with Crippen LogP contribution in [-0.4, -0.2) is 54.0 Å². The molecule has 0 saturated carbocycles. The van der Waals surface area contributed by atoms with Crippen LogP contribution in [0.1, 0.15) is 16.5 Å². The van der Waals surface area contributed by atoms with E-state index in [2.05, 4.69) is 0 Å². The smallest absolute Gasteiger partial charge is 0.325 e. The predicted octanol–water partition coefficient (Wildman–Crippen LogP) is 0.739. The van der Waals surface area contributed by atoms with Gasteiger partial charge in [0.25, 0.3) is 0 Å². The van der Waals surface area contributed by atoms with Crippen LogP contribution < -0.4 is 0 Å². The molecule has 6 heteroatoms. The van der Waals surface area contributed by atoms with Crippen LogP contribution in [0.25, 0.3) is 0 Å². The van der Waals surface area contributed by atoms with Crippen LogP contribution in [0, 0.1) is 0 Å². The second-order valence-electron chi connectivity index (χ2n) is 4.39. The third kappa shape index (κ3) is 2.72. The van der Waals surface area contributed by atoms with Crippen LogP contribution in [0.15, 0.2) is 11.4 Å². The van der Waals surface area contributed by atoms with Crippen LogP contribution in [0.4, 0.5) is 0 Å². The Hall–Kier alpha value is -0.950. The number of rotatable bonds is 5. The number of fused-ring (bicyclic) bond motifs is 1. The van der Waals surface area contributed by atoms with Gasteiger partial charge in [-0.3, -0.25) is 9.69 Å². The fourth-order valence-corrected chi connectivity index (χ4v) is 3.27. The van der Waals surface area contributed by atoms with Crippen LogP contribution in [-0.2, 0) is 16.0 Å². The van der Waals surface area contributed by atoms with Gasteiger partial charge in [0, 0.05) is 25.1 Å². The Labute approximate surface area is 110 Å². The van der Waals surface area contributed by atoms with Crippen LogP contribution in [0.5, 0.6) is 0 Å². The van der Waals surface area contributed by atoms with E-state index in [-0.39, 0.29) is 6.61 Å². The van der Waals surface area contributed by atoms with Crippen LogP contribution in [0.3, 0.4) is 0 Å². The molecular formula is C12H17NO4S. The van der Waals surface area contributed by atoms with Gasteiger partial charge in [0.1, 0.15) is 6.04 Å². The number of carboxylic acids is 1. The average molecular weight is 271 g/mol. The summed E-state index contributed by atoms with van der Waals surface area (Å²) in [6, 6.07) is 1.22. The quantitative estimate of drug-likeness (QED) is 0.826. The molecule has 1 aromatic rings. The zero-order chi connectivity index (χ0) is 13.1. The molecule has 0 spiro atoms. The topological polar surface area (TPSA) is 70.0 Å². The van der Waals surface area contributed by atoms with Crippen molar-refractivity contribution in [1.29, 1.82) is 0 Å². The van der Waals surface area contributed by atoms with E-state index >= 15 is 0 Å². The first kappa shape index (κ1) is 13.5. The normalized spacial score (nSPS) is 21.6. The highest BCUT2D eigenvalue weighted by Crippen LogP contribution is 2.33. The summed E-state index contributed by atoms with van der Waals surface area (Å²) in [6.07, 6.45) is 0.188. The second-order valence-corrected chi connectivity index (χ2v) is 5.39. The van der Waals surface area contributed by atoms with Crippen molar-refractivity contribution in [3.63, 3.8) is 0 Å². The van der Waals surface area contributed by atoms with E-state index < -0.39 is 18.1 Å². The van der Waals surface area contributed by atoms with Gasteiger partial charge in [-0.25, -0.2) is 0 Å². The Bertz CT molecular complexity index is 420. The molecule has 2 rings (SSSR count). The molecule has 18 heavy (non-hydrogen) atoms. The van der Waals surface area contributed by atoms with Gasteiger partial charge in [-0.05, 0) is 23.4 Å². The first-order valence-electron chi connectivity index (χ1n) is 5.83. The Morgan fingerprint density at radius 3 is 3.17 bits per heavy atom. The predicted molar refractivity (Wildman–Crippen MR) is 67.9 cm³/mol. The number of hydrogen-bond acceptors (Lipinski definition) is 5. The van der Waals surface area contributed by atoms with Crippen molar-refractivity contribution in [2.45, 2.75) is 18.6 Å². The van der Waals surface area contributed by atoms with Gasteiger partial charge in [-0.15, -0.1) is 11.3 Å². The minimum atomic E-state index is -0.862. The molecule has 0 saturated heterocycles. The second kappa shape index (κ2) is 5.79. The van der Waals surface area contributed by atoms with Gasteiger partial charge in [0.05, 0.1) is 12.7 Å². The Balaban J connectivity index is 2.14. The number of nitrogens with zero attached hydrogens (tertiary/aromatic N) is 1. The number of β-amino-alcohol motifs (C(OH)–C–C–N with tert-alkyl or cyclic N) is 1. The lowest BCUT2D eigenvalue weighted by atomic mass is 9.99. The fraction of sp³-hybridized carbons (Fsp3) is 0.583. The molecule has 2 unspecified atom stereocenters. The molecule has 2 atom stereocenters. The molecule has 1 aliphatic heterocycles. The van der Waals surface area contributed by atoms with E-state index in [0.29, 0.717) is 13.1 Å². The number of thiophene rings is 1. The van der Waals surface area contributed by atoms with Gasteiger partial charge in [-0.1, -0.05) is 0 Å². The number of carboxylic acid groups (broad SMARTS) is 1. The van der Waals surface area contributed by atoms with E-state index in [4.69, 9.17) is 4.74 Å². The van der Waals surface area contributed by atoms with Crippen molar-refractivity contribution >= 4 is 17.3 Å². The lowest BCUT2D eigenvalue weighted by Crippen LogP contribution is -2.44. The highest BCUT2D eigenvalue weighted by molar-refractivity contribution is 7.10. The molecule has 2 N–H and O–H groups in total. The van der Waals surface area contributed by atoms with Crippen molar-refractivity contribution in [3.8, 4) is 0 Å². The first-order valence-corrected chi connectivity index (χ1v) is 6.71. The maximum Gasteiger partial charge on any atom is 0.325 e. The van der Waals surface area contributed by atoms with Gasteiger partial charge < -0.3 is 14.9 Å². The molecule has 5 nitrogen and oxygen atoms in total. The van der Waals surface area contributed by atoms with E-state index in [1.54, 1.807) is 16.2 Å². The summed E-state index contributed by atoms with van der Waals surface area (Å²) >= 11 is 1.60. The molecule has 0 aromatic carbocycles. The summed E-state index contributed by atoms with van der Waals surface area (Å²) in [5.41, 5.74) is 0.864. The highest BCUT2D eigenvalue weighted by Gasteiger charge is 2.34. The van der Waals surface area contributed by atoms with Crippen LogP contribution in [0.2, 0.25) is 0 Å². The zero-order valence-corrected chi connectivity index (χ0v) is 11.0. The SMILES string of the molecule is COCC(O)CN1CCc2sccc2C1C(=O)O. The Morgan fingerprint density at radius 1 is 1.72 bits per heavy atom. The summed E-state index contributed by atoms with van der Waals surface area (Å²) in [5.74, 6) is -0.862. The van der Waals surface area contributed by atoms with Gasteiger partial charge in [-0.2, -0.15) is 0 Å². The van der Waals surface area contributed by atoms with Crippen LogP contribution >= 0.6 is 11.3 Å². The average Bonchev–Trinajstić information content (AvgIpc) is 2.76. The van der Waals surface area contributed by atoms with Crippen molar-refractivity contribution in [3.05, 3.63) is 21.9 Å². The molecule has 1 aromatic heterocycles. The largest absolute Gasteiger partial charge is 0.480 e. The lowest BCUT2D eigenvalue weighted by Gasteiger charge is -2.34. The maximum atomic E-state index is 11.4. The molecule has 1 aliphatic rings. The number of aliphatic carboxylic acids is 1. The molecule has 0 amide bonds. The number of hydrogen-bond donors (Lipinski definition) is 2. The summed E-state index contributed by atoms with van der Waals surface area (Å²) in [6.45, 7) is 1.20. The Kier molecular flexibility index (Phi) is 4.34. The standard InChI is InChI=1S/C12H17NO4S/c1-17-7-8(14)6-13-4-2-10-9(3-5-18-10)11(13)12(15)16/h3,5,8,11,14H,2,4,6-7H2,1H3,(H,15,16). The molecule has 0 aliphatic carbocycles. The molecule has 2 heterocycles. The third-order valence-electron chi connectivity index (χ3n) is 3.10. The molecule has 0 bridgehead atoms. The molecule has 0 radical (unpaired) electrons. The van der Waals surface area contributed by atoms with E-state index in [9.17, 15) is 15.0 Å². The number of methoxy groups -OCH3 is 1. The van der Waals surface area contributed by atoms with Gasteiger partial charge in [0.15, 0.2) is 0 Å². The van der Waals surface area contributed by atoms with Crippen molar-refractivity contribution < 1.29 is 19.7 Å². The van der Waals surface area contributed by atoms with Gasteiger partial charge >= 0.3 is 5.97 Å². The minimum absolute atomic E-state index is 0.222. The molecule has 100 valence electrons. The minimum Gasteiger partial charge on any atom is -0.480 e. The van der Waals surface area contributed by atoms with E-state index in [1.807, 2.05) is 11.4 Å². The first-order chi connectivity index (χ1) is 8.63. The fourth-order valence-electron chi connectivity index (χ4n) is 2.37. The van der Waals surface area contributed by atoms with E-state index in [0.717, 1.165) is 16.9 Å². The molecule has 0 fully saturated rings. The number of carbonyl (C=O) groups is 1. The summed E-state index contributed by atoms with van der Waals surface area (Å²) < 4.78 is 4.87. The Morgan fingerprint density at radius 2 is 2.50 bits per heavy atom. The third-order valence-corrected chi connectivity index (χ3v) is 4.10. The summed E-state index contributed by atoms with van der Waals surface area (Å²) in [7, 11) is 1.52. The van der Waals surface area contributed by atoms with E-state index in [1.165, 1.54) is 7.11 Å². The lowest BCUT2D eigenvalue weighted by molar-refractivity contribution is -0.144. The van der Waals surface area contributed by atoms with Gasteiger partial charge in [0.2, 0.25) is 0 Å². The highest BCUT2D eigenvalue weighted by atomic mass is 32.1. The summed E-state index contributed by atoms with van der Waals surface area (Å²) in [5, 5.41) is 21.0. The number of aliphatic hydroxyl groups excluding tert-OH is 1. The van der Waals surface area contributed by atoms with Crippen molar-refractivity contribution in [1.82, 2.24) is 4.90 Å². The molecular weight excluding hydrogens is 254 g/mol. The zero-order valence-electron chi connectivity index (χ0n) is 10.2. The van der Waals surface area contributed by atoms with Crippen molar-refractivity contribution in [2.75, 3.05) is 26.8 Å². The summed E-state index contributed by atoms with van der Waals surface area (Å²) in [4.78, 5) is 14.4. The maximum absolute atomic E-state index is 11.4. The van der Waals surface area contributed by atoms with Crippen molar-refractivity contribution in [2.24, 2.45) is 0 Å². The monoisotopic (exact) mass is 271 g/mol. The number of ether oxygens (including phenoxy) is 1. The number of aliphatic hydroxyl groups is 1.